The van der Waals surface area contributed by atoms with Crippen LogP contribution in [0.5, 0.6) is 5.75 Å². The van der Waals surface area contributed by atoms with Crippen LogP contribution in [0.25, 0.3) is 22.3 Å². The van der Waals surface area contributed by atoms with Crippen LogP contribution in [0.2, 0.25) is 5.02 Å². The number of halogens is 10. The summed E-state index contributed by atoms with van der Waals surface area (Å²) in [6.45, 7) is 0.538. The number of hydrogen-bond donors (Lipinski definition) is 1. The van der Waals surface area contributed by atoms with Gasteiger partial charge in [0.05, 0.1) is 35.4 Å². The number of aromatic carboxylic acids is 1. The number of rotatable bonds is 7. The standard InChI is InChI=1S/C34H23ClF9NO5/c1-16-29(50-31(48)45(16)15-17-9-21(33(39,40)41)13-22(10-17)34(42,43)44)26-14-20(32(36,37)38)5-7-24(26)25-11-18(4-8-28(25)49-2)23-6-3-19(30(46)47)12-27(23)35/h3-14,16,29H,15H2,1-2H3,(H,46,47)/t16-,29?/m1/s1. The molecule has 264 valence electrons. The summed E-state index contributed by atoms with van der Waals surface area (Å²) in [7, 11) is 1.29. The average molecular weight is 732 g/mol. The first-order chi connectivity index (χ1) is 23.2. The van der Waals surface area contributed by atoms with Gasteiger partial charge < -0.3 is 14.6 Å². The lowest BCUT2D eigenvalue weighted by molar-refractivity contribution is -0.143. The number of benzene rings is 4. The fourth-order valence-corrected chi connectivity index (χ4v) is 5.92. The van der Waals surface area contributed by atoms with E-state index < -0.39 is 71.5 Å². The Labute approximate surface area is 282 Å². The normalized spacial score (nSPS) is 16.8. The maximum absolute atomic E-state index is 14.0. The smallest absolute Gasteiger partial charge is 0.416 e. The minimum Gasteiger partial charge on any atom is -0.496 e. The number of ether oxygens (including phenoxy) is 2. The number of carboxylic acids is 1. The van der Waals surface area contributed by atoms with Crippen molar-refractivity contribution in [2.75, 3.05) is 7.11 Å². The third-order valence-corrected chi connectivity index (χ3v) is 8.41. The van der Waals surface area contributed by atoms with Crippen LogP contribution in [0.4, 0.5) is 44.3 Å². The van der Waals surface area contributed by atoms with Gasteiger partial charge in [-0.15, -0.1) is 0 Å². The lowest BCUT2D eigenvalue weighted by Gasteiger charge is -2.24. The minimum absolute atomic E-state index is 0.0471. The van der Waals surface area contributed by atoms with Crippen LogP contribution in [0, 0.1) is 0 Å². The Bertz CT molecular complexity index is 1940. The molecule has 4 aromatic rings. The first-order valence-corrected chi connectivity index (χ1v) is 14.7. The zero-order valence-electron chi connectivity index (χ0n) is 25.6. The quantitative estimate of drug-likeness (QED) is 0.192. The first-order valence-electron chi connectivity index (χ1n) is 14.4. The molecule has 0 aromatic heterocycles. The summed E-state index contributed by atoms with van der Waals surface area (Å²) in [5.41, 5.74) is -4.13. The van der Waals surface area contributed by atoms with E-state index in [0.29, 0.717) is 23.3 Å². The predicted octanol–water partition coefficient (Wildman–Crippen LogP) is 10.5. The number of amides is 1. The van der Waals surface area contributed by atoms with Crippen molar-refractivity contribution in [1.82, 2.24) is 4.90 Å². The van der Waals surface area contributed by atoms with Crippen molar-refractivity contribution in [3.05, 3.63) is 111 Å². The topological polar surface area (TPSA) is 76.1 Å². The molecule has 2 atom stereocenters. The zero-order chi connectivity index (χ0) is 36.9. The average Bonchev–Trinajstić information content (AvgIpc) is 3.31. The molecular weight excluding hydrogens is 709 g/mol. The summed E-state index contributed by atoms with van der Waals surface area (Å²) >= 11 is 6.37. The van der Waals surface area contributed by atoms with Gasteiger partial charge in [0.1, 0.15) is 11.9 Å². The molecule has 16 heteroatoms. The van der Waals surface area contributed by atoms with E-state index in [1.165, 1.54) is 44.4 Å². The van der Waals surface area contributed by atoms with Crippen molar-refractivity contribution in [2.45, 2.75) is 44.1 Å². The van der Waals surface area contributed by atoms with Gasteiger partial charge in [-0.2, -0.15) is 39.5 Å². The van der Waals surface area contributed by atoms with Crippen molar-refractivity contribution >= 4 is 23.7 Å². The Hall–Kier alpha value is -4.92. The van der Waals surface area contributed by atoms with Gasteiger partial charge in [-0.3, -0.25) is 4.90 Å². The molecule has 1 amide bonds. The Kier molecular flexibility index (Phi) is 9.51. The Morgan fingerprint density at radius 2 is 1.40 bits per heavy atom. The molecule has 1 N–H and O–H groups in total. The van der Waals surface area contributed by atoms with Crippen LogP contribution >= 0.6 is 11.6 Å². The fraction of sp³-hybridized carbons (Fsp3) is 0.235. The van der Waals surface area contributed by atoms with Gasteiger partial charge in [-0.25, -0.2) is 9.59 Å². The number of hydrogen-bond acceptors (Lipinski definition) is 4. The molecule has 1 heterocycles. The van der Waals surface area contributed by atoms with Gasteiger partial charge in [-0.1, -0.05) is 29.8 Å². The van der Waals surface area contributed by atoms with E-state index in [1.807, 2.05) is 0 Å². The third kappa shape index (κ3) is 7.32. The van der Waals surface area contributed by atoms with Crippen molar-refractivity contribution < 1.29 is 63.7 Å². The molecule has 50 heavy (non-hydrogen) atoms. The highest BCUT2D eigenvalue weighted by Crippen LogP contribution is 2.45. The number of cyclic esters (lactones) is 1. The van der Waals surface area contributed by atoms with E-state index in [0.717, 1.165) is 23.1 Å². The first kappa shape index (κ1) is 36.4. The summed E-state index contributed by atoms with van der Waals surface area (Å²) in [6.07, 6.45) is -17.9. The molecule has 4 aromatic carbocycles. The predicted molar refractivity (Wildman–Crippen MR) is 162 cm³/mol. The van der Waals surface area contributed by atoms with E-state index in [1.54, 1.807) is 6.07 Å². The lowest BCUT2D eigenvalue weighted by atomic mass is 9.89. The van der Waals surface area contributed by atoms with Gasteiger partial charge in [0.25, 0.3) is 0 Å². The summed E-state index contributed by atoms with van der Waals surface area (Å²) < 4.78 is 134. The molecule has 1 unspecified atom stereocenters. The van der Waals surface area contributed by atoms with E-state index in [-0.39, 0.29) is 39.1 Å². The molecule has 5 rings (SSSR count). The van der Waals surface area contributed by atoms with Gasteiger partial charge in [-0.05, 0) is 78.2 Å². The van der Waals surface area contributed by atoms with Crippen LogP contribution in [-0.4, -0.2) is 35.2 Å². The summed E-state index contributed by atoms with van der Waals surface area (Å²) in [5, 5.41) is 9.34. The third-order valence-electron chi connectivity index (χ3n) is 8.09. The number of methoxy groups -OCH3 is 1. The molecule has 0 bridgehead atoms. The van der Waals surface area contributed by atoms with Crippen LogP contribution < -0.4 is 4.74 Å². The van der Waals surface area contributed by atoms with Crippen LogP contribution in [0.3, 0.4) is 0 Å². The number of nitrogens with zero attached hydrogens (tertiary/aromatic N) is 1. The number of alkyl halides is 9. The summed E-state index contributed by atoms with van der Waals surface area (Å²) in [4.78, 5) is 25.3. The molecule has 1 saturated heterocycles. The molecule has 1 aliphatic heterocycles. The number of carbonyl (C=O) groups is 2. The van der Waals surface area contributed by atoms with Crippen LogP contribution in [0.15, 0.2) is 72.8 Å². The summed E-state index contributed by atoms with van der Waals surface area (Å²) in [5.74, 6) is -1.07. The molecule has 1 fully saturated rings. The maximum Gasteiger partial charge on any atom is 0.416 e. The van der Waals surface area contributed by atoms with E-state index >= 15 is 0 Å². The molecule has 0 aliphatic carbocycles. The second kappa shape index (κ2) is 13.1. The Morgan fingerprint density at radius 3 is 1.94 bits per heavy atom. The molecule has 1 aliphatic rings. The van der Waals surface area contributed by atoms with Crippen LogP contribution in [-0.2, 0) is 29.8 Å². The second-order valence-corrected chi connectivity index (χ2v) is 11.7. The van der Waals surface area contributed by atoms with Crippen molar-refractivity contribution in [3.8, 4) is 28.0 Å². The molecular formula is C34H23ClF9NO5. The number of carboxylic acid groups (broad SMARTS) is 1. The van der Waals surface area contributed by atoms with Crippen molar-refractivity contribution in [1.29, 1.82) is 0 Å². The van der Waals surface area contributed by atoms with Gasteiger partial charge in [0.2, 0.25) is 0 Å². The minimum atomic E-state index is -5.15. The second-order valence-electron chi connectivity index (χ2n) is 11.3. The molecule has 0 radical (unpaired) electrons. The Balaban J connectivity index is 1.61. The highest BCUT2D eigenvalue weighted by Gasteiger charge is 2.43. The monoisotopic (exact) mass is 731 g/mol. The van der Waals surface area contributed by atoms with E-state index in [2.05, 4.69) is 0 Å². The largest absolute Gasteiger partial charge is 0.496 e. The van der Waals surface area contributed by atoms with E-state index in [4.69, 9.17) is 21.1 Å². The molecule has 6 nitrogen and oxygen atoms in total. The molecule has 0 spiro atoms. The SMILES string of the molecule is COc1ccc(-c2ccc(C(=O)O)cc2Cl)cc1-c1ccc(C(F)(F)F)cc1C1OC(=O)N(Cc2cc(C(F)(F)F)cc(C(F)(F)F)c2)[C@@H]1C. The van der Waals surface area contributed by atoms with Crippen molar-refractivity contribution in [2.24, 2.45) is 0 Å². The maximum atomic E-state index is 14.0. The highest BCUT2D eigenvalue weighted by molar-refractivity contribution is 6.33. The zero-order valence-corrected chi connectivity index (χ0v) is 26.4. The van der Waals surface area contributed by atoms with Gasteiger partial charge in [0, 0.05) is 28.3 Å². The Morgan fingerprint density at radius 1 is 0.800 bits per heavy atom. The van der Waals surface area contributed by atoms with Crippen molar-refractivity contribution in [3.63, 3.8) is 0 Å². The fourth-order valence-electron chi connectivity index (χ4n) is 5.63. The van der Waals surface area contributed by atoms with Crippen LogP contribution in [0.1, 0.15) is 51.2 Å². The van der Waals surface area contributed by atoms with Gasteiger partial charge in [0.15, 0.2) is 0 Å². The number of carbonyl (C=O) groups excluding carboxylic acids is 1. The highest BCUT2D eigenvalue weighted by atomic mass is 35.5. The van der Waals surface area contributed by atoms with Gasteiger partial charge >= 0.3 is 30.6 Å². The lowest BCUT2D eigenvalue weighted by Crippen LogP contribution is -2.31. The van der Waals surface area contributed by atoms with E-state index in [9.17, 15) is 54.2 Å². The summed E-state index contributed by atoms with van der Waals surface area (Å²) in [6, 6.07) is 10.8. The molecule has 0 saturated carbocycles.